The molecule has 1 aromatic carbocycles. The highest BCUT2D eigenvalue weighted by Crippen LogP contribution is 2.38. The number of aryl methyl sites for hydroxylation is 2. The largest absolute Gasteiger partial charge is 0.492 e. The van der Waals surface area contributed by atoms with E-state index in [2.05, 4.69) is 41.1 Å². The fourth-order valence-corrected chi connectivity index (χ4v) is 5.53. The molecule has 0 N–H and O–H groups in total. The summed E-state index contributed by atoms with van der Waals surface area (Å²) in [4.78, 5) is 22.1. The van der Waals surface area contributed by atoms with Gasteiger partial charge >= 0.3 is 0 Å². The zero-order valence-electron chi connectivity index (χ0n) is 21.1. The van der Waals surface area contributed by atoms with Crippen molar-refractivity contribution in [1.29, 1.82) is 0 Å². The minimum atomic E-state index is 0.128. The molecule has 5 nitrogen and oxygen atoms in total. The maximum absolute atomic E-state index is 13.1. The van der Waals surface area contributed by atoms with Gasteiger partial charge in [-0.25, -0.2) is 0 Å². The fraction of sp³-hybridized carbons (Fsp3) is 0.586. The van der Waals surface area contributed by atoms with Gasteiger partial charge < -0.3 is 9.64 Å². The van der Waals surface area contributed by atoms with E-state index in [0.29, 0.717) is 5.56 Å². The molecule has 2 aliphatic rings. The van der Waals surface area contributed by atoms with Gasteiger partial charge in [-0.2, -0.15) is 0 Å². The molecule has 0 unspecified atom stereocenters. The number of likely N-dealkylation sites (tertiary alicyclic amines) is 1. The van der Waals surface area contributed by atoms with Crippen molar-refractivity contribution < 1.29 is 9.53 Å². The zero-order valence-corrected chi connectivity index (χ0v) is 21.1. The number of hydrogen-bond acceptors (Lipinski definition) is 4. The summed E-state index contributed by atoms with van der Waals surface area (Å²) in [6.07, 6.45) is 11.1. The van der Waals surface area contributed by atoms with Gasteiger partial charge in [-0.3, -0.25) is 14.7 Å². The Balaban J connectivity index is 1.45. The van der Waals surface area contributed by atoms with Crippen molar-refractivity contribution >= 4 is 5.91 Å². The third-order valence-electron chi connectivity index (χ3n) is 7.70. The molecule has 1 spiro atoms. The molecule has 5 heteroatoms. The van der Waals surface area contributed by atoms with E-state index in [4.69, 9.17) is 4.74 Å². The van der Waals surface area contributed by atoms with Crippen LogP contribution in [0.5, 0.6) is 5.75 Å². The maximum Gasteiger partial charge on any atom is 0.255 e. The number of carbonyl (C=O) groups excluding carboxylic acids is 1. The topological polar surface area (TPSA) is 45.7 Å². The van der Waals surface area contributed by atoms with Crippen LogP contribution < -0.4 is 4.74 Å². The Hall–Kier alpha value is -2.40. The Morgan fingerprint density at radius 3 is 2.65 bits per heavy atom. The summed E-state index contributed by atoms with van der Waals surface area (Å²) in [6.45, 7) is 9.85. The standard InChI is InChI=1S/C29H41N3O2/c1-3-4-17-31-20-21-34-27-11-6-5-9-25(27)10-7-8-14-29(23-31)15-18-32(19-16-29)28(33)26-13-12-24(2)30-22-26/h5-6,9,11-13,22H,3-4,7-8,10,14-21,23H2,1-2H3. The van der Waals surface area contributed by atoms with Gasteiger partial charge in [0, 0.05) is 38.1 Å². The van der Waals surface area contributed by atoms with Crippen LogP contribution in [0.2, 0.25) is 0 Å². The van der Waals surface area contributed by atoms with Crippen molar-refractivity contribution in [2.24, 2.45) is 5.41 Å². The van der Waals surface area contributed by atoms with E-state index in [0.717, 1.165) is 70.0 Å². The highest BCUT2D eigenvalue weighted by atomic mass is 16.5. The molecule has 2 aromatic rings. The van der Waals surface area contributed by atoms with E-state index in [1.165, 1.54) is 37.7 Å². The lowest BCUT2D eigenvalue weighted by Crippen LogP contribution is -2.49. The van der Waals surface area contributed by atoms with E-state index in [9.17, 15) is 4.79 Å². The number of nitrogens with zero attached hydrogens (tertiary/aromatic N) is 3. The van der Waals surface area contributed by atoms with Crippen LogP contribution >= 0.6 is 0 Å². The average molecular weight is 464 g/mol. The van der Waals surface area contributed by atoms with Crippen molar-refractivity contribution in [3.63, 3.8) is 0 Å². The fourth-order valence-electron chi connectivity index (χ4n) is 5.53. The van der Waals surface area contributed by atoms with Crippen LogP contribution in [0, 0.1) is 12.3 Å². The number of benzene rings is 1. The summed E-state index contributed by atoms with van der Waals surface area (Å²) < 4.78 is 6.25. The van der Waals surface area contributed by atoms with Gasteiger partial charge in [0.15, 0.2) is 0 Å². The number of ether oxygens (including phenoxy) is 1. The number of hydrogen-bond donors (Lipinski definition) is 0. The van der Waals surface area contributed by atoms with Gasteiger partial charge in [-0.1, -0.05) is 38.0 Å². The van der Waals surface area contributed by atoms with Gasteiger partial charge in [-0.05, 0) is 81.2 Å². The summed E-state index contributed by atoms with van der Waals surface area (Å²) in [5.41, 5.74) is 3.28. The average Bonchev–Trinajstić information content (AvgIpc) is 2.86. The van der Waals surface area contributed by atoms with Crippen LogP contribution in [0.1, 0.15) is 73.5 Å². The number of para-hydroxylation sites is 1. The Morgan fingerprint density at radius 2 is 1.88 bits per heavy atom. The first-order valence-corrected chi connectivity index (χ1v) is 13.2. The van der Waals surface area contributed by atoms with Gasteiger partial charge in [0.05, 0.1) is 5.56 Å². The molecule has 3 heterocycles. The van der Waals surface area contributed by atoms with Gasteiger partial charge in [0.1, 0.15) is 12.4 Å². The lowest BCUT2D eigenvalue weighted by molar-refractivity contribution is 0.0374. The minimum absolute atomic E-state index is 0.128. The van der Waals surface area contributed by atoms with Gasteiger partial charge in [0.2, 0.25) is 0 Å². The maximum atomic E-state index is 13.1. The number of pyridine rings is 1. The molecule has 1 saturated heterocycles. The molecular formula is C29H41N3O2. The van der Waals surface area contributed by atoms with Gasteiger partial charge in [-0.15, -0.1) is 0 Å². The summed E-state index contributed by atoms with van der Waals surface area (Å²) in [5.74, 6) is 1.19. The summed E-state index contributed by atoms with van der Waals surface area (Å²) >= 11 is 0. The number of carbonyl (C=O) groups is 1. The Bertz CT molecular complexity index is 919. The number of aromatic nitrogens is 1. The first kappa shape index (κ1) is 24.7. The molecule has 1 aromatic heterocycles. The lowest BCUT2D eigenvalue weighted by Gasteiger charge is -2.45. The van der Waals surface area contributed by atoms with E-state index in [1.54, 1.807) is 6.20 Å². The molecular weight excluding hydrogens is 422 g/mol. The van der Waals surface area contributed by atoms with Crippen LogP contribution in [0.3, 0.4) is 0 Å². The van der Waals surface area contributed by atoms with Crippen LogP contribution in [0.15, 0.2) is 42.6 Å². The van der Waals surface area contributed by atoms with Crippen LogP contribution in [-0.2, 0) is 6.42 Å². The number of fused-ring (bicyclic) bond motifs is 1. The van der Waals surface area contributed by atoms with Crippen molar-refractivity contribution in [3.05, 3.63) is 59.4 Å². The molecule has 1 amide bonds. The highest BCUT2D eigenvalue weighted by molar-refractivity contribution is 5.94. The third-order valence-corrected chi connectivity index (χ3v) is 7.70. The van der Waals surface area contributed by atoms with Crippen LogP contribution in [0.4, 0.5) is 0 Å². The SMILES string of the molecule is CCCCN1CCOc2ccccc2CCCCC2(CCN(C(=O)c3ccc(C)nc3)CC2)C1. The third kappa shape index (κ3) is 6.38. The molecule has 0 aliphatic carbocycles. The second-order valence-electron chi connectivity index (χ2n) is 10.3. The van der Waals surface area contributed by atoms with Crippen molar-refractivity contribution in [2.75, 3.05) is 39.3 Å². The van der Waals surface area contributed by atoms with E-state index in [-0.39, 0.29) is 11.3 Å². The molecule has 2 aliphatic heterocycles. The van der Waals surface area contributed by atoms with E-state index >= 15 is 0 Å². The van der Waals surface area contributed by atoms with E-state index in [1.807, 2.05) is 24.0 Å². The first-order chi connectivity index (χ1) is 16.6. The first-order valence-electron chi connectivity index (χ1n) is 13.2. The molecule has 1 fully saturated rings. The second-order valence-corrected chi connectivity index (χ2v) is 10.3. The Labute approximate surface area is 205 Å². The molecule has 0 radical (unpaired) electrons. The predicted octanol–water partition coefficient (Wildman–Crippen LogP) is 5.52. The van der Waals surface area contributed by atoms with Crippen molar-refractivity contribution in [2.45, 2.75) is 65.2 Å². The summed E-state index contributed by atoms with van der Waals surface area (Å²) in [5, 5.41) is 0. The smallest absolute Gasteiger partial charge is 0.255 e. The second kappa shape index (κ2) is 11.8. The molecule has 0 saturated carbocycles. The molecule has 0 atom stereocenters. The molecule has 4 rings (SSSR count). The summed E-state index contributed by atoms with van der Waals surface area (Å²) in [7, 11) is 0. The van der Waals surface area contributed by atoms with Crippen LogP contribution in [0.25, 0.3) is 0 Å². The number of amides is 1. The number of unbranched alkanes of at least 4 members (excludes halogenated alkanes) is 1. The highest BCUT2D eigenvalue weighted by Gasteiger charge is 2.37. The monoisotopic (exact) mass is 463 g/mol. The van der Waals surface area contributed by atoms with Crippen LogP contribution in [-0.4, -0.2) is 60.0 Å². The number of rotatable bonds is 4. The molecule has 184 valence electrons. The Kier molecular flexibility index (Phi) is 8.60. The molecule has 34 heavy (non-hydrogen) atoms. The predicted molar refractivity (Wildman–Crippen MR) is 137 cm³/mol. The zero-order chi connectivity index (χ0) is 23.8. The molecule has 0 bridgehead atoms. The normalized spacial score (nSPS) is 19.5. The van der Waals surface area contributed by atoms with Crippen molar-refractivity contribution in [1.82, 2.24) is 14.8 Å². The number of piperidine rings is 1. The lowest BCUT2D eigenvalue weighted by atomic mass is 9.73. The quantitative estimate of drug-likeness (QED) is 0.599. The minimum Gasteiger partial charge on any atom is -0.492 e. The van der Waals surface area contributed by atoms with E-state index < -0.39 is 0 Å². The van der Waals surface area contributed by atoms with Crippen molar-refractivity contribution in [3.8, 4) is 5.75 Å². The summed E-state index contributed by atoms with van der Waals surface area (Å²) in [6, 6.07) is 12.4. The van der Waals surface area contributed by atoms with Gasteiger partial charge in [0.25, 0.3) is 5.91 Å². The Morgan fingerprint density at radius 1 is 1.06 bits per heavy atom.